The Labute approximate surface area is 117 Å². The van der Waals surface area contributed by atoms with Crippen molar-refractivity contribution in [2.24, 2.45) is 0 Å². The Morgan fingerprint density at radius 1 is 1.41 bits per heavy atom. The molecule has 0 aromatic heterocycles. The number of nitrogens with zero attached hydrogens (tertiary/aromatic N) is 1. The van der Waals surface area contributed by atoms with Gasteiger partial charge in [0.05, 0.1) is 0 Å². The zero-order valence-electron chi connectivity index (χ0n) is 10.6. The second-order valence-electron chi connectivity index (χ2n) is 4.41. The molecule has 0 fully saturated rings. The first-order chi connectivity index (χ1) is 8.01. The molecule has 0 bridgehead atoms. The van der Waals surface area contributed by atoms with Gasteiger partial charge in [0.1, 0.15) is 0 Å². The lowest BCUT2D eigenvalue weighted by molar-refractivity contribution is 0.309. The van der Waals surface area contributed by atoms with Gasteiger partial charge in [-0.25, -0.2) is 0 Å². The number of nitrogens with one attached hydrogen (secondary N) is 1. The van der Waals surface area contributed by atoms with Crippen LogP contribution in [0, 0.1) is 0 Å². The highest BCUT2D eigenvalue weighted by atomic mass is 79.9. The zero-order valence-corrected chi connectivity index (χ0v) is 13.0. The number of likely N-dealkylation sites (N-methyl/N-ethyl adjacent to an activating group) is 1. The van der Waals surface area contributed by atoms with Crippen molar-refractivity contribution in [1.82, 2.24) is 10.2 Å². The van der Waals surface area contributed by atoms with E-state index in [0.29, 0.717) is 6.04 Å². The van der Waals surface area contributed by atoms with E-state index in [1.54, 1.807) is 0 Å². The van der Waals surface area contributed by atoms with Crippen LogP contribution >= 0.6 is 27.5 Å². The van der Waals surface area contributed by atoms with Crippen LogP contribution in [0.4, 0.5) is 0 Å². The van der Waals surface area contributed by atoms with Crippen LogP contribution < -0.4 is 5.32 Å². The first-order valence-electron chi connectivity index (χ1n) is 5.88. The first-order valence-corrected chi connectivity index (χ1v) is 7.05. The van der Waals surface area contributed by atoms with Gasteiger partial charge in [0.2, 0.25) is 0 Å². The third kappa shape index (κ3) is 5.87. The molecule has 1 N–H and O–H groups in total. The number of hydrogen-bond donors (Lipinski definition) is 1. The van der Waals surface area contributed by atoms with Gasteiger partial charge in [0.25, 0.3) is 0 Å². The third-order valence-corrected chi connectivity index (χ3v) is 3.38. The molecule has 1 atom stereocenters. The van der Waals surface area contributed by atoms with Crippen molar-refractivity contribution in [3.63, 3.8) is 0 Å². The van der Waals surface area contributed by atoms with Gasteiger partial charge in [-0.3, -0.25) is 0 Å². The van der Waals surface area contributed by atoms with E-state index in [-0.39, 0.29) is 0 Å². The largest absolute Gasteiger partial charge is 0.309 e. The van der Waals surface area contributed by atoms with E-state index in [1.165, 1.54) is 5.56 Å². The average molecular weight is 320 g/mol. The molecule has 17 heavy (non-hydrogen) atoms. The topological polar surface area (TPSA) is 15.3 Å². The van der Waals surface area contributed by atoms with Crippen LogP contribution in [0.25, 0.3) is 0 Å². The fraction of sp³-hybridized carbons (Fsp3) is 0.538. The van der Waals surface area contributed by atoms with E-state index in [1.807, 2.05) is 12.1 Å². The maximum atomic E-state index is 6.01. The van der Waals surface area contributed by atoms with Gasteiger partial charge in [-0.15, -0.1) is 0 Å². The molecule has 0 aliphatic rings. The van der Waals surface area contributed by atoms with Gasteiger partial charge >= 0.3 is 0 Å². The molecule has 0 heterocycles. The predicted molar refractivity (Wildman–Crippen MR) is 78.6 cm³/mol. The van der Waals surface area contributed by atoms with E-state index >= 15 is 0 Å². The Bertz CT molecular complexity index is 337. The quantitative estimate of drug-likeness (QED) is 0.863. The zero-order chi connectivity index (χ0) is 12.8. The number of benzene rings is 1. The Kier molecular flexibility index (Phi) is 6.49. The summed E-state index contributed by atoms with van der Waals surface area (Å²) < 4.78 is 1.03. The van der Waals surface area contributed by atoms with Crippen molar-refractivity contribution in [3.05, 3.63) is 33.3 Å². The summed E-state index contributed by atoms with van der Waals surface area (Å²) in [6.45, 7) is 7.34. The molecule has 1 aromatic rings. The Hall–Kier alpha value is -0.0900. The molecule has 0 aliphatic heterocycles. The highest BCUT2D eigenvalue weighted by Gasteiger charge is 2.05. The maximum Gasteiger partial charge on any atom is 0.0420 e. The van der Waals surface area contributed by atoms with E-state index in [9.17, 15) is 0 Å². The summed E-state index contributed by atoms with van der Waals surface area (Å²) in [5, 5.41) is 4.27. The summed E-state index contributed by atoms with van der Waals surface area (Å²) in [5.41, 5.74) is 1.20. The normalized spacial score (nSPS) is 13.1. The van der Waals surface area contributed by atoms with Crippen molar-refractivity contribution in [2.45, 2.75) is 26.4 Å². The molecule has 1 aromatic carbocycles. The maximum absolute atomic E-state index is 6.01. The number of halogens is 2. The molecule has 96 valence electrons. The first kappa shape index (κ1) is 15.0. The highest BCUT2D eigenvalue weighted by Crippen LogP contribution is 2.19. The van der Waals surface area contributed by atoms with Gasteiger partial charge < -0.3 is 10.2 Å². The van der Waals surface area contributed by atoms with Crippen LogP contribution in [-0.4, -0.2) is 31.1 Å². The van der Waals surface area contributed by atoms with Crippen LogP contribution in [0.5, 0.6) is 0 Å². The van der Waals surface area contributed by atoms with Crippen LogP contribution in [0.3, 0.4) is 0 Å². The van der Waals surface area contributed by atoms with Gasteiger partial charge in [-0.1, -0.05) is 34.5 Å². The molecular weight excluding hydrogens is 300 g/mol. The van der Waals surface area contributed by atoms with E-state index in [4.69, 9.17) is 11.6 Å². The molecule has 0 radical (unpaired) electrons. The molecule has 1 unspecified atom stereocenters. The number of rotatable bonds is 6. The third-order valence-electron chi connectivity index (χ3n) is 2.70. The summed E-state index contributed by atoms with van der Waals surface area (Å²) in [6.07, 6.45) is 0. The van der Waals surface area contributed by atoms with Crippen molar-refractivity contribution in [1.29, 1.82) is 0 Å². The molecular formula is C13H20BrClN2. The van der Waals surface area contributed by atoms with E-state index in [2.05, 4.69) is 53.1 Å². The standard InChI is InChI=1S/C13H20BrClN2/c1-4-17(3)9-10(2)16-8-11-5-12(14)7-13(15)6-11/h5-7,10,16H,4,8-9H2,1-3H3. The van der Waals surface area contributed by atoms with Crippen LogP contribution in [0.2, 0.25) is 5.02 Å². The average Bonchev–Trinajstić information content (AvgIpc) is 2.25. The van der Waals surface area contributed by atoms with Crippen LogP contribution in [0.1, 0.15) is 19.4 Å². The fourth-order valence-electron chi connectivity index (χ4n) is 1.67. The van der Waals surface area contributed by atoms with Gasteiger partial charge in [-0.2, -0.15) is 0 Å². The van der Waals surface area contributed by atoms with Gasteiger partial charge in [0, 0.05) is 28.6 Å². The van der Waals surface area contributed by atoms with E-state index < -0.39 is 0 Å². The predicted octanol–water partition coefficient (Wildman–Crippen LogP) is 3.53. The molecule has 1 rings (SSSR count). The summed E-state index contributed by atoms with van der Waals surface area (Å²) in [6, 6.07) is 6.46. The summed E-state index contributed by atoms with van der Waals surface area (Å²) in [4.78, 5) is 2.30. The molecule has 0 saturated heterocycles. The lowest BCUT2D eigenvalue weighted by Gasteiger charge is -2.20. The summed E-state index contributed by atoms with van der Waals surface area (Å²) in [5.74, 6) is 0. The van der Waals surface area contributed by atoms with Crippen molar-refractivity contribution in [3.8, 4) is 0 Å². The molecule has 2 nitrogen and oxygen atoms in total. The van der Waals surface area contributed by atoms with Crippen molar-refractivity contribution < 1.29 is 0 Å². The fourth-order valence-corrected chi connectivity index (χ4v) is 2.60. The summed E-state index contributed by atoms with van der Waals surface area (Å²) in [7, 11) is 2.13. The Morgan fingerprint density at radius 3 is 2.71 bits per heavy atom. The SMILES string of the molecule is CCN(C)CC(C)NCc1cc(Cl)cc(Br)c1. The highest BCUT2D eigenvalue weighted by molar-refractivity contribution is 9.10. The molecule has 4 heteroatoms. The Morgan fingerprint density at radius 2 is 2.12 bits per heavy atom. The minimum Gasteiger partial charge on any atom is -0.309 e. The van der Waals surface area contributed by atoms with Crippen LogP contribution in [-0.2, 0) is 6.54 Å². The van der Waals surface area contributed by atoms with Crippen LogP contribution in [0.15, 0.2) is 22.7 Å². The summed E-state index contributed by atoms with van der Waals surface area (Å²) >= 11 is 9.46. The minimum atomic E-state index is 0.470. The molecule has 0 aliphatic carbocycles. The lowest BCUT2D eigenvalue weighted by Crippen LogP contribution is -2.36. The van der Waals surface area contributed by atoms with Gasteiger partial charge in [0.15, 0.2) is 0 Å². The second-order valence-corrected chi connectivity index (χ2v) is 5.77. The smallest absolute Gasteiger partial charge is 0.0420 e. The molecule has 0 saturated carbocycles. The second kappa shape index (κ2) is 7.37. The molecule has 0 spiro atoms. The van der Waals surface area contributed by atoms with Crippen molar-refractivity contribution >= 4 is 27.5 Å². The molecule has 0 amide bonds. The minimum absolute atomic E-state index is 0.470. The van der Waals surface area contributed by atoms with Gasteiger partial charge in [-0.05, 0) is 44.3 Å². The Balaban J connectivity index is 2.44. The lowest BCUT2D eigenvalue weighted by atomic mass is 10.2. The van der Waals surface area contributed by atoms with Crippen molar-refractivity contribution in [2.75, 3.05) is 20.1 Å². The monoisotopic (exact) mass is 318 g/mol. The van der Waals surface area contributed by atoms with E-state index in [0.717, 1.165) is 29.1 Å². The number of hydrogen-bond acceptors (Lipinski definition) is 2.